The highest BCUT2D eigenvalue weighted by Gasteiger charge is 2.39. The lowest BCUT2D eigenvalue weighted by Crippen LogP contribution is -2.47. The van der Waals surface area contributed by atoms with Crippen LogP contribution in [-0.4, -0.2) is 46.1 Å². The van der Waals surface area contributed by atoms with Crippen molar-refractivity contribution in [2.45, 2.75) is 25.3 Å². The molecule has 128 valence electrons. The third-order valence-electron chi connectivity index (χ3n) is 5.02. The second-order valence-corrected chi connectivity index (χ2v) is 6.39. The van der Waals surface area contributed by atoms with Gasteiger partial charge in [0.1, 0.15) is 6.04 Å². The number of aromatic nitrogens is 1. The fourth-order valence-corrected chi connectivity index (χ4v) is 3.86. The van der Waals surface area contributed by atoms with Crippen LogP contribution < -0.4 is 4.90 Å². The molecule has 25 heavy (non-hydrogen) atoms. The summed E-state index contributed by atoms with van der Waals surface area (Å²) in [5.41, 5.74) is 3.91. The maximum Gasteiger partial charge on any atom is 0.407 e. The second kappa shape index (κ2) is 6.20. The van der Waals surface area contributed by atoms with Gasteiger partial charge in [-0.05, 0) is 43.0 Å². The van der Waals surface area contributed by atoms with E-state index in [0.717, 1.165) is 35.3 Å². The minimum atomic E-state index is -1.02. The van der Waals surface area contributed by atoms with Gasteiger partial charge in [0, 0.05) is 30.5 Å². The fraction of sp³-hybridized carbons (Fsp3) is 0.316. The number of hydrogen-bond donors (Lipinski definition) is 1. The van der Waals surface area contributed by atoms with Gasteiger partial charge in [-0.1, -0.05) is 18.2 Å². The van der Waals surface area contributed by atoms with E-state index in [9.17, 15) is 14.7 Å². The summed E-state index contributed by atoms with van der Waals surface area (Å²) in [7, 11) is 0. The number of amides is 2. The fourth-order valence-electron chi connectivity index (χ4n) is 3.86. The average molecular weight is 337 g/mol. The molecule has 0 aliphatic carbocycles. The summed E-state index contributed by atoms with van der Waals surface area (Å²) < 4.78 is 0. The summed E-state index contributed by atoms with van der Waals surface area (Å²) >= 11 is 0. The molecule has 0 radical (unpaired) electrons. The van der Waals surface area contributed by atoms with Gasteiger partial charge in [0.25, 0.3) is 0 Å². The van der Waals surface area contributed by atoms with Gasteiger partial charge in [-0.2, -0.15) is 0 Å². The molecule has 4 rings (SSSR count). The number of benzene rings is 1. The van der Waals surface area contributed by atoms with E-state index in [0.29, 0.717) is 19.5 Å². The first-order chi connectivity index (χ1) is 12.2. The zero-order chi connectivity index (χ0) is 17.4. The minimum absolute atomic E-state index is 0.114. The molecule has 1 N–H and O–H groups in total. The Balaban J connectivity index is 1.67. The Morgan fingerprint density at radius 2 is 2.00 bits per heavy atom. The van der Waals surface area contributed by atoms with Crippen LogP contribution in [0.25, 0.3) is 11.3 Å². The topological polar surface area (TPSA) is 73.7 Å². The molecule has 0 unspecified atom stereocenters. The molecule has 6 heteroatoms. The summed E-state index contributed by atoms with van der Waals surface area (Å²) in [6.45, 7) is 1.02. The number of hydrogen-bond acceptors (Lipinski definition) is 3. The minimum Gasteiger partial charge on any atom is -0.465 e. The van der Waals surface area contributed by atoms with Crippen LogP contribution in [0.2, 0.25) is 0 Å². The molecular weight excluding hydrogens is 318 g/mol. The van der Waals surface area contributed by atoms with E-state index >= 15 is 0 Å². The molecule has 6 nitrogen and oxygen atoms in total. The normalized spacial score (nSPS) is 19.1. The Morgan fingerprint density at radius 1 is 1.12 bits per heavy atom. The van der Waals surface area contributed by atoms with Crippen molar-refractivity contribution in [2.75, 3.05) is 18.0 Å². The molecule has 0 saturated carbocycles. The molecule has 2 amide bonds. The Hall–Kier alpha value is -2.89. The van der Waals surface area contributed by atoms with Crippen molar-refractivity contribution in [2.24, 2.45) is 0 Å². The monoisotopic (exact) mass is 337 g/mol. The molecule has 2 aliphatic heterocycles. The van der Waals surface area contributed by atoms with E-state index in [4.69, 9.17) is 0 Å². The molecule has 3 heterocycles. The first kappa shape index (κ1) is 15.6. The average Bonchev–Trinajstić information content (AvgIpc) is 3.29. The van der Waals surface area contributed by atoms with Gasteiger partial charge >= 0.3 is 6.09 Å². The lowest BCUT2D eigenvalue weighted by molar-refractivity contribution is -0.122. The highest BCUT2D eigenvalue weighted by atomic mass is 16.4. The lowest BCUT2D eigenvalue weighted by atomic mass is 10.0. The van der Waals surface area contributed by atoms with E-state index in [-0.39, 0.29) is 5.91 Å². The molecular formula is C19H19N3O3. The molecule has 0 spiro atoms. The van der Waals surface area contributed by atoms with E-state index in [1.54, 1.807) is 11.1 Å². The number of anilines is 1. The van der Waals surface area contributed by atoms with Crippen LogP contribution >= 0.6 is 0 Å². The van der Waals surface area contributed by atoms with Crippen molar-refractivity contribution in [3.8, 4) is 11.3 Å². The predicted molar refractivity (Wildman–Crippen MR) is 93.5 cm³/mol. The van der Waals surface area contributed by atoms with Crippen molar-refractivity contribution in [3.05, 3.63) is 48.2 Å². The van der Waals surface area contributed by atoms with Gasteiger partial charge in [0.05, 0.1) is 5.69 Å². The number of nitrogens with zero attached hydrogens (tertiary/aromatic N) is 3. The van der Waals surface area contributed by atoms with Gasteiger partial charge in [0.15, 0.2) is 0 Å². The zero-order valence-corrected chi connectivity index (χ0v) is 13.8. The maximum atomic E-state index is 13.0. The Morgan fingerprint density at radius 3 is 2.76 bits per heavy atom. The zero-order valence-electron chi connectivity index (χ0n) is 13.8. The number of pyridine rings is 1. The molecule has 1 saturated heterocycles. The largest absolute Gasteiger partial charge is 0.465 e. The number of rotatable bonds is 2. The van der Waals surface area contributed by atoms with Crippen LogP contribution in [0.15, 0.2) is 42.6 Å². The Labute approximate surface area is 145 Å². The van der Waals surface area contributed by atoms with Crippen molar-refractivity contribution < 1.29 is 14.7 Å². The van der Waals surface area contributed by atoms with E-state index in [1.807, 2.05) is 36.4 Å². The van der Waals surface area contributed by atoms with E-state index in [2.05, 4.69) is 4.98 Å². The maximum absolute atomic E-state index is 13.0. The summed E-state index contributed by atoms with van der Waals surface area (Å²) in [6, 6.07) is 11.1. The van der Waals surface area contributed by atoms with Crippen LogP contribution in [0.3, 0.4) is 0 Å². The van der Waals surface area contributed by atoms with Crippen LogP contribution in [0.5, 0.6) is 0 Å². The van der Waals surface area contributed by atoms with Crippen LogP contribution in [0.1, 0.15) is 18.4 Å². The molecule has 0 bridgehead atoms. The van der Waals surface area contributed by atoms with Crippen molar-refractivity contribution >= 4 is 17.7 Å². The standard InChI is InChI=1S/C19H19N3O3/c23-18(17-8-4-11-22(17)19(24)25)21-12-9-14-13(5-3-7-16(14)21)15-6-1-2-10-20-15/h1-3,5-7,10,17H,4,8-9,11-12H2,(H,24,25)/t17-/m0/s1. The third kappa shape index (κ3) is 2.63. The third-order valence-corrected chi connectivity index (χ3v) is 5.02. The van der Waals surface area contributed by atoms with Gasteiger partial charge in [0.2, 0.25) is 5.91 Å². The number of likely N-dealkylation sites (tertiary alicyclic amines) is 1. The molecule has 1 fully saturated rings. The molecule has 1 atom stereocenters. The van der Waals surface area contributed by atoms with Crippen LogP contribution in [0, 0.1) is 0 Å². The quantitative estimate of drug-likeness (QED) is 0.914. The Kier molecular flexibility index (Phi) is 3.87. The lowest BCUT2D eigenvalue weighted by Gasteiger charge is -2.26. The smallest absolute Gasteiger partial charge is 0.407 e. The predicted octanol–water partition coefficient (Wildman–Crippen LogP) is 2.78. The number of carbonyl (C=O) groups is 2. The number of fused-ring (bicyclic) bond motifs is 1. The van der Waals surface area contributed by atoms with Gasteiger partial charge < -0.3 is 10.0 Å². The molecule has 2 aromatic rings. The highest BCUT2D eigenvalue weighted by Crippen LogP contribution is 2.36. The summed E-state index contributed by atoms with van der Waals surface area (Å²) in [4.78, 5) is 31.8. The molecule has 2 aliphatic rings. The van der Waals surface area contributed by atoms with Crippen molar-refractivity contribution in [3.63, 3.8) is 0 Å². The number of carboxylic acid groups (broad SMARTS) is 1. The molecule has 1 aromatic carbocycles. The summed E-state index contributed by atoms with van der Waals surface area (Å²) in [5.74, 6) is -0.114. The van der Waals surface area contributed by atoms with Crippen LogP contribution in [0.4, 0.5) is 10.5 Å². The Bertz CT molecular complexity index is 822. The highest BCUT2D eigenvalue weighted by molar-refractivity contribution is 6.01. The molecule has 1 aromatic heterocycles. The first-order valence-electron chi connectivity index (χ1n) is 8.51. The van der Waals surface area contributed by atoms with E-state index in [1.165, 1.54) is 4.90 Å². The van der Waals surface area contributed by atoms with Crippen LogP contribution in [-0.2, 0) is 11.2 Å². The van der Waals surface area contributed by atoms with E-state index < -0.39 is 12.1 Å². The van der Waals surface area contributed by atoms with Gasteiger partial charge in [-0.15, -0.1) is 0 Å². The van der Waals surface area contributed by atoms with Crippen molar-refractivity contribution in [1.29, 1.82) is 0 Å². The SMILES string of the molecule is O=C([C@@H]1CCCN1C(=O)O)N1CCc2c(-c3ccccn3)cccc21. The number of carbonyl (C=O) groups excluding carboxylic acids is 1. The summed E-state index contributed by atoms with van der Waals surface area (Å²) in [5, 5.41) is 9.31. The van der Waals surface area contributed by atoms with Gasteiger partial charge in [-0.25, -0.2) is 4.79 Å². The van der Waals surface area contributed by atoms with Gasteiger partial charge in [-0.3, -0.25) is 14.7 Å². The van der Waals surface area contributed by atoms with Crippen molar-refractivity contribution in [1.82, 2.24) is 9.88 Å². The summed E-state index contributed by atoms with van der Waals surface area (Å²) in [6.07, 6.45) is 2.83. The second-order valence-electron chi connectivity index (χ2n) is 6.39. The first-order valence-corrected chi connectivity index (χ1v) is 8.51.